The van der Waals surface area contributed by atoms with Crippen LogP contribution in [-0.4, -0.2) is 15.0 Å². The molecular formula is C10H12FN3. The SMILES string of the molecule is CC(C)(C)c1ncc(F)c2nc[nH]c12. The van der Waals surface area contributed by atoms with Crippen LogP contribution in [0.2, 0.25) is 0 Å². The van der Waals surface area contributed by atoms with E-state index in [2.05, 4.69) is 15.0 Å². The highest BCUT2D eigenvalue weighted by molar-refractivity contribution is 5.78. The molecule has 0 saturated carbocycles. The summed E-state index contributed by atoms with van der Waals surface area (Å²) in [4.78, 5) is 10.9. The molecule has 0 fully saturated rings. The molecule has 3 nitrogen and oxygen atoms in total. The van der Waals surface area contributed by atoms with Gasteiger partial charge in [0.05, 0.1) is 23.7 Å². The molecule has 0 radical (unpaired) electrons. The smallest absolute Gasteiger partial charge is 0.169 e. The minimum atomic E-state index is -0.380. The third-order valence-electron chi connectivity index (χ3n) is 2.12. The third kappa shape index (κ3) is 1.27. The van der Waals surface area contributed by atoms with Gasteiger partial charge in [0.15, 0.2) is 5.82 Å². The molecule has 2 aromatic rings. The number of hydrogen-bond acceptors (Lipinski definition) is 2. The molecule has 0 unspecified atom stereocenters. The Morgan fingerprint density at radius 1 is 1.29 bits per heavy atom. The van der Waals surface area contributed by atoms with Crippen LogP contribution in [-0.2, 0) is 5.41 Å². The van der Waals surface area contributed by atoms with Crippen molar-refractivity contribution in [2.75, 3.05) is 0 Å². The maximum Gasteiger partial charge on any atom is 0.169 e. The van der Waals surface area contributed by atoms with E-state index in [9.17, 15) is 4.39 Å². The van der Waals surface area contributed by atoms with Crippen LogP contribution in [0.5, 0.6) is 0 Å². The zero-order valence-corrected chi connectivity index (χ0v) is 8.43. The first-order valence-electron chi connectivity index (χ1n) is 4.48. The average Bonchev–Trinajstić information content (AvgIpc) is 2.50. The lowest BCUT2D eigenvalue weighted by molar-refractivity contribution is 0.566. The van der Waals surface area contributed by atoms with Crippen LogP contribution in [0, 0.1) is 5.82 Å². The molecule has 4 heteroatoms. The molecule has 0 atom stereocenters. The number of aromatic amines is 1. The quantitative estimate of drug-likeness (QED) is 0.698. The summed E-state index contributed by atoms with van der Waals surface area (Å²) in [5.74, 6) is -0.380. The van der Waals surface area contributed by atoms with Gasteiger partial charge in [0.25, 0.3) is 0 Å². The van der Waals surface area contributed by atoms with Crippen LogP contribution in [0.3, 0.4) is 0 Å². The molecular weight excluding hydrogens is 181 g/mol. The monoisotopic (exact) mass is 193 g/mol. The molecule has 1 N–H and O–H groups in total. The first-order valence-corrected chi connectivity index (χ1v) is 4.48. The van der Waals surface area contributed by atoms with Gasteiger partial charge < -0.3 is 4.98 Å². The summed E-state index contributed by atoms with van der Waals surface area (Å²) in [6.45, 7) is 6.11. The van der Waals surface area contributed by atoms with Gasteiger partial charge in [0.2, 0.25) is 0 Å². The number of rotatable bonds is 0. The van der Waals surface area contributed by atoms with Crippen LogP contribution in [0.25, 0.3) is 11.0 Å². The van der Waals surface area contributed by atoms with Gasteiger partial charge in [-0.15, -0.1) is 0 Å². The maximum absolute atomic E-state index is 13.2. The van der Waals surface area contributed by atoms with Crippen molar-refractivity contribution in [3.8, 4) is 0 Å². The fourth-order valence-electron chi connectivity index (χ4n) is 1.47. The van der Waals surface area contributed by atoms with Crippen molar-refractivity contribution in [1.82, 2.24) is 15.0 Å². The lowest BCUT2D eigenvalue weighted by atomic mass is 9.91. The Bertz CT molecular complexity index is 468. The lowest BCUT2D eigenvalue weighted by Gasteiger charge is -2.17. The van der Waals surface area contributed by atoms with E-state index in [0.29, 0.717) is 11.0 Å². The van der Waals surface area contributed by atoms with Crippen molar-refractivity contribution < 1.29 is 4.39 Å². The normalized spacial score (nSPS) is 12.3. The average molecular weight is 193 g/mol. The number of nitrogens with one attached hydrogen (secondary N) is 1. The van der Waals surface area contributed by atoms with Gasteiger partial charge in [0, 0.05) is 5.41 Å². The summed E-state index contributed by atoms with van der Waals surface area (Å²) in [6, 6.07) is 0. The molecule has 0 spiro atoms. The predicted octanol–water partition coefficient (Wildman–Crippen LogP) is 2.39. The largest absolute Gasteiger partial charge is 0.343 e. The molecule has 74 valence electrons. The Hall–Kier alpha value is -1.45. The summed E-state index contributed by atoms with van der Waals surface area (Å²) in [5.41, 5.74) is 1.78. The molecule has 0 amide bonds. The molecule has 0 aliphatic heterocycles. The van der Waals surface area contributed by atoms with E-state index >= 15 is 0 Å². The first kappa shape index (κ1) is 9.12. The van der Waals surface area contributed by atoms with E-state index in [4.69, 9.17) is 0 Å². The van der Waals surface area contributed by atoms with Gasteiger partial charge in [-0.05, 0) is 0 Å². The number of pyridine rings is 1. The van der Waals surface area contributed by atoms with Crippen molar-refractivity contribution in [2.24, 2.45) is 0 Å². The van der Waals surface area contributed by atoms with Crippen molar-refractivity contribution in [3.05, 3.63) is 24.0 Å². The van der Waals surface area contributed by atoms with Gasteiger partial charge in [-0.3, -0.25) is 4.98 Å². The topological polar surface area (TPSA) is 41.6 Å². The Labute approximate surface area is 81.4 Å². The number of nitrogens with zero attached hydrogens (tertiary/aromatic N) is 2. The molecule has 0 aromatic carbocycles. The fraction of sp³-hybridized carbons (Fsp3) is 0.400. The predicted molar refractivity (Wildman–Crippen MR) is 52.5 cm³/mol. The highest BCUT2D eigenvalue weighted by Gasteiger charge is 2.21. The van der Waals surface area contributed by atoms with E-state index < -0.39 is 0 Å². The van der Waals surface area contributed by atoms with E-state index in [1.807, 2.05) is 20.8 Å². The van der Waals surface area contributed by atoms with Gasteiger partial charge in [-0.25, -0.2) is 9.37 Å². The minimum absolute atomic E-state index is 0.113. The van der Waals surface area contributed by atoms with E-state index in [1.54, 1.807) is 0 Å². The van der Waals surface area contributed by atoms with Gasteiger partial charge in [-0.2, -0.15) is 0 Å². The fourth-order valence-corrected chi connectivity index (χ4v) is 1.47. The lowest BCUT2D eigenvalue weighted by Crippen LogP contribution is -2.14. The summed E-state index contributed by atoms with van der Waals surface area (Å²) in [6.07, 6.45) is 2.72. The minimum Gasteiger partial charge on any atom is -0.343 e. The molecule has 0 saturated heterocycles. The van der Waals surface area contributed by atoms with Crippen molar-refractivity contribution in [1.29, 1.82) is 0 Å². The molecule has 2 rings (SSSR count). The van der Waals surface area contributed by atoms with Crippen LogP contribution < -0.4 is 0 Å². The van der Waals surface area contributed by atoms with E-state index in [-0.39, 0.29) is 11.2 Å². The zero-order valence-electron chi connectivity index (χ0n) is 8.43. The Balaban J connectivity index is 2.80. The second-order valence-corrected chi connectivity index (χ2v) is 4.33. The number of imidazole rings is 1. The van der Waals surface area contributed by atoms with Crippen molar-refractivity contribution in [3.63, 3.8) is 0 Å². The highest BCUT2D eigenvalue weighted by atomic mass is 19.1. The summed E-state index contributed by atoms with van der Waals surface area (Å²) < 4.78 is 13.2. The Morgan fingerprint density at radius 2 is 2.00 bits per heavy atom. The highest BCUT2D eigenvalue weighted by Crippen LogP contribution is 2.26. The summed E-state index contributed by atoms with van der Waals surface area (Å²) in [5, 5.41) is 0. The van der Waals surface area contributed by atoms with Crippen LogP contribution >= 0.6 is 0 Å². The molecule has 0 bridgehead atoms. The zero-order chi connectivity index (χ0) is 10.3. The number of halogens is 1. The Morgan fingerprint density at radius 3 is 2.64 bits per heavy atom. The van der Waals surface area contributed by atoms with Crippen molar-refractivity contribution >= 4 is 11.0 Å². The first-order chi connectivity index (χ1) is 6.50. The van der Waals surface area contributed by atoms with Crippen LogP contribution in [0.4, 0.5) is 4.39 Å². The third-order valence-corrected chi connectivity index (χ3v) is 2.12. The van der Waals surface area contributed by atoms with Crippen molar-refractivity contribution in [2.45, 2.75) is 26.2 Å². The molecule has 2 aromatic heterocycles. The number of fused-ring (bicyclic) bond motifs is 1. The summed E-state index contributed by atoms with van der Waals surface area (Å²) in [7, 11) is 0. The number of aromatic nitrogens is 3. The molecule has 0 aliphatic carbocycles. The number of H-pyrrole nitrogens is 1. The van der Waals surface area contributed by atoms with Gasteiger partial charge >= 0.3 is 0 Å². The van der Waals surface area contributed by atoms with Crippen LogP contribution in [0.15, 0.2) is 12.5 Å². The maximum atomic E-state index is 13.2. The molecule has 2 heterocycles. The second kappa shape index (κ2) is 2.77. The van der Waals surface area contributed by atoms with Gasteiger partial charge in [-0.1, -0.05) is 20.8 Å². The van der Waals surface area contributed by atoms with Crippen LogP contribution in [0.1, 0.15) is 26.5 Å². The number of hydrogen-bond donors (Lipinski definition) is 1. The van der Waals surface area contributed by atoms with E-state index in [1.165, 1.54) is 12.5 Å². The summed E-state index contributed by atoms with van der Waals surface area (Å²) >= 11 is 0. The standard InChI is InChI=1S/C10H12FN3/c1-10(2,3)9-8-7(13-5-14-8)6(11)4-12-9/h4-5H,1-3H3,(H,13,14). The second-order valence-electron chi connectivity index (χ2n) is 4.33. The molecule has 14 heavy (non-hydrogen) atoms. The van der Waals surface area contributed by atoms with E-state index in [0.717, 1.165) is 5.69 Å². The molecule has 0 aliphatic rings. The van der Waals surface area contributed by atoms with Gasteiger partial charge in [0.1, 0.15) is 5.52 Å². The Kier molecular flexibility index (Phi) is 1.80.